The molecule has 0 saturated heterocycles. The van der Waals surface area contributed by atoms with Crippen LogP contribution in [0.3, 0.4) is 0 Å². The number of hydrogen-bond acceptors (Lipinski definition) is 2. The lowest BCUT2D eigenvalue weighted by atomic mass is 9.97. The Hall–Kier alpha value is -0.390. The zero-order valence-corrected chi connectivity index (χ0v) is 10.3. The van der Waals surface area contributed by atoms with E-state index in [0.29, 0.717) is 6.54 Å². The van der Waals surface area contributed by atoms with Gasteiger partial charge < -0.3 is 0 Å². The van der Waals surface area contributed by atoms with Crippen LogP contribution in [0.4, 0.5) is 0 Å². The van der Waals surface area contributed by atoms with Gasteiger partial charge in [-0.3, -0.25) is 0 Å². The molecule has 0 radical (unpaired) electrons. The van der Waals surface area contributed by atoms with E-state index in [9.17, 15) is 8.42 Å². The van der Waals surface area contributed by atoms with Gasteiger partial charge in [-0.05, 0) is 32.1 Å². The molecule has 0 unspecified atom stereocenters. The van der Waals surface area contributed by atoms with Crippen molar-refractivity contribution >= 4 is 10.2 Å². The first-order valence-corrected chi connectivity index (χ1v) is 6.81. The highest BCUT2D eigenvalue weighted by molar-refractivity contribution is 7.87. The Morgan fingerprint density at radius 3 is 2.67 bits per heavy atom. The normalized spacial score (nSPS) is 17.9. The molecule has 5 heteroatoms. The van der Waals surface area contributed by atoms with Crippen LogP contribution in [0.25, 0.3) is 0 Å². The van der Waals surface area contributed by atoms with E-state index in [1.807, 2.05) is 0 Å². The number of nitrogens with one attached hydrogen (secondary N) is 1. The molecular formula is C10H20N2O2S. The molecule has 88 valence electrons. The van der Waals surface area contributed by atoms with E-state index in [-0.39, 0.29) is 0 Å². The molecule has 1 aliphatic rings. The van der Waals surface area contributed by atoms with Gasteiger partial charge in [-0.2, -0.15) is 12.7 Å². The zero-order chi connectivity index (χ0) is 11.3. The van der Waals surface area contributed by atoms with Crippen LogP contribution in [0.5, 0.6) is 0 Å². The molecule has 0 bridgehead atoms. The summed E-state index contributed by atoms with van der Waals surface area (Å²) >= 11 is 0. The summed E-state index contributed by atoms with van der Waals surface area (Å²) in [6.45, 7) is 0.506. The highest BCUT2D eigenvalue weighted by atomic mass is 32.2. The fourth-order valence-electron chi connectivity index (χ4n) is 1.60. The van der Waals surface area contributed by atoms with Crippen LogP contribution < -0.4 is 4.72 Å². The Labute approximate surface area is 92.5 Å². The molecule has 4 nitrogen and oxygen atoms in total. The van der Waals surface area contributed by atoms with Crippen LogP contribution in [0, 0.1) is 0 Å². The van der Waals surface area contributed by atoms with Crippen molar-refractivity contribution in [2.75, 3.05) is 20.6 Å². The maximum atomic E-state index is 11.4. The zero-order valence-electron chi connectivity index (χ0n) is 9.49. The van der Waals surface area contributed by atoms with Crippen molar-refractivity contribution in [3.8, 4) is 0 Å². The second kappa shape index (κ2) is 5.63. The van der Waals surface area contributed by atoms with Crippen molar-refractivity contribution in [1.29, 1.82) is 0 Å². The van der Waals surface area contributed by atoms with E-state index < -0.39 is 10.2 Å². The average molecular weight is 232 g/mol. The van der Waals surface area contributed by atoms with E-state index in [1.54, 1.807) is 0 Å². The molecule has 1 aliphatic carbocycles. The molecule has 0 amide bonds. The maximum Gasteiger partial charge on any atom is 0.278 e. The van der Waals surface area contributed by atoms with Gasteiger partial charge in [0, 0.05) is 20.6 Å². The summed E-state index contributed by atoms with van der Waals surface area (Å²) in [4.78, 5) is 0. The van der Waals surface area contributed by atoms with E-state index in [1.165, 1.54) is 36.8 Å². The molecule has 15 heavy (non-hydrogen) atoms. The van der Waals surface area contributed by atoms with Crippen molar-refractivity contribution in [3.05, 3.63) is 11.6 Å². The van der Waals surface area contributed by atoms with Crippen molar-refractivity contribution in [1.82, 2.24) is 9.03 Å². The summed E-state index contributed by atoms with van der Waals surface area (Å²) < 4.78 is 26.5. The van der Waals surface area contributed by atoms with Gasteiger partial charge in [0.25, 0.3) is 10.2 Å². The first-order chi connectivity index (χ1) is 7.02. The molecule has 0 aromatic rings. The summed E-state index contributed by atoms with van der Waals surface area (Å²) in [7, 11) is -0.183. The fraction of sp³-hybridized carbons (Fsp3) is 0.800. The van der Waals surface area contributed by atoms with Gasteiger partial charge in [-0.25, -0.2) is 4.72 Å². The molecule has 0 spiro atoms. The molecule has 1 rings (SSSR count). The van der Waals surface area contributed by atoms with Crippen molar-refractivity contribution in [3.63, 3.8) is 0 Å². The first kappa shape index (κ1) is 12.7. The third-order valence-corrected chi connectivity index (χ3v) is 4.13. The van der Waals surface area contributed by atoms with Gasteiger partial charge in [0.15, 0.2) is 0 Å². The minimum atomic E-state index is -3.24. The van der Waals surface area contributed by atoms with E-state index in [2.05, 4.69) is 10.8 Å². The van der Waals surface area contributed by atoms with Crippen molar-refractivity contribution in [2.45, 2.75) is 32.1 Å². The van der Waals surface area contributed by atoms with E-state index >= 15 is 0 Å². The van der Waals surface area contributed by atoms with E-state index in [0.717, 1.165) is 19.3 Å². The van der Waals surface area contributed by atoms with Crippen molar-refractivity contribution < 1.29 is 8.42 Å². The lowest BCUT2D eigenvalue weighted by Crippen LogP contribution is -2.36. The molecule has 1 N–H and O–H groups in total. The molecular weight excluding hydrogens is 212 g/mol. The number of rotatable bonds is 5. The van der Waals surface area contributed by atoms with Crippen LogP contribution in [-0.2, 0) is 10.2 Å². The van der Waals surface area contributed by atoms with Gasteiger partial charge in [0.05, 0.1) is 0 Å². The number of nitrogens with zero attached hydrogens (tertiary/aromatic N) is 1. The highest BCUT2D eigenvalue weighted by Gasteiger charge is 2.12. The Morgan fingerprint density at radius 2 is 2.13 bits per heavy atom. The third kappa shape index (κ3) is 4.32. The Bertz CT molecular complexity index is 320. The topological polar surface area (TPSA) is 49.4 Å². The van der Waals surface area contributed by atoms with Crippen molar-refractivity contribution in [2.24, 2.45) is 0 Å². The minimum absolute atomic E-state index is 0.506. The molecule has 0 heterocycles. The second-order valence-electron chi connectivity index (χ2n) is 4.04. The van der Waals surface area contributed by atoms with E-state index in [4.69, 9.17) is 0 Å². The Kier molecular flexibility index (Phi) is 4.76. The minimum Gasteiger partial charge on any atom is -0.202 e. The van der Waals surface area contributed by atoms with Gasteiger partial charge in [-0.1, -0.05) is 11.6 Å². The van der Waals surface area contributed by atoms with Gasteiger partial charge in [0.2, 0.25) is 0 Å². The summed E-state index contributed by atoms with van der Waals surface area (Å²) in [6, 6.07) is 0. The molecule has 0 atom stereocenters. The predicted octanol–water partition coefficient (Wildman–Crippen LogP) is 1.27. The molecule has 0 aromatic carbocycles. The van der Waals surface area contributed by atoms with Crippen LogP contribution in [0.2, 0.25) is 0 Å². The molecule has 0 saturated carbocycles. The summed E-state index contributed by atoms with van der Waals surface area (Å²) in [5, 5.41) is 0. The largest absolute Gasteiger partial charge is 0.278 e. The monoisotopic (exact) mass is 232 g/mol. The van der Waals surface area contributed by atoms with Gasteiger partial charge in [0.1, 0.15) is 0 Å². The SMILES string of the molecule is CN(C)S(=O)(=O)NCCC1=CCCCC1. The summed E-state index contributed by atoms with van der Waals surface area (Å²) in [5.41, 5.74) is 1.39. The standard InChI is InChI=1S/C10H20N2O2S/c1-12(2)15(13,14)11-9-8-10-6-4-3-5-7-10/h6,11H,3-5,7-9H2,1-2H3. The van der Waals surface area contributed by atoms with Crippen LogP contribution >= 0.6 is 0 Å². The highest BCUT2D eigenvalue weighted by Crippen LogP contribution is 2.19. The predicted molar refractivity (Wildman–Crippen MR) is 61.8 cm³/mol. The molecule has 0 fully saturated rings. The third-order valence-electron chi connectivity index (χ3n) is 2.60. The maximum absolute atomic E-state index is 11.4. The average Bonchev–Trinajstić information content (AvgIpc) is 2.19. The first-order valence-electron chi connectivity index (χ1n) is 5.37. The smallest absolute Gasteiger partial charge is 0.202 e. The lowest BCUT2D eigenvalue weighted by molar-refractivity contribution is 0.505. The Balaban J connectivity index is 2.30. The molecule has 0 aromatic heterocycles. The molecule has 0 aliphatic heterocycles. The lowest BCUT2D eigenvalue weighted by Gasteiger charge is -2.15. The quantitative estimate of drug-likeness (QED) is 0.726. The number of hydrogen-bond donors (Lipinski definition) is 1. The summed E-state index contributed by atoms with van der Waals surface area (Å²) in [6.07, 6.45) is 7.87. The van der Waals surface area contributed by atoms with Crippen LogP contribution in [0.1, 0.15) is 32.1 Å². The van der Waals surface area contributed by atoms with Gasteiger partial charge >= 0.3 is 0 Å². The van der Waals surface area contributed by atoms with Gasteiger partial charge in [-0.15, -0.1) is 0 Å². The summed E-state index contributed by atoms with van der Waals surface area (Å²) in [5.74, 6) is 0. The van der Waals surface area contributed by atoms with Crippen LogP contribution in [0.15, 0.2) is 11.6 Å². The Morgan fingerprint density at radius 1 is 1.40 bits per heavy atom. The number of allylic oxidation sites excluding steroid dienone is 1. The second-order valence-corrected chi connectivity index (χ2v) is 6.01. The fourth-order valence-corrected chi connectivity index (χ4v) is 2.22. The van der Waals surface area contributed by atoms with Crippen LogP contribution in [-0.4, -0.2) is 33.4 Å².